The summed E-state index contributed by atoms with van der Waals surface area (Å²) in [6, 6.07) is 0. The lowest BCUT2D eigenvalue weighted by Crippen LogP contribution is -2.12. The normalized spacial score (nSPS) is 11.9. The van der Waals surface area contributed by atoms with Crippen molar-refractivity contribution in [2.75, 3.05) is 13.2 Å². The summed E-state index contributed by atoms with van der Waals surface area (Å²) in [5.41, 5.74) is 0. The standard InChI is InChI=1S/C24H50O4S/c1-3-5-7-9-11-12-13-14-15-16-17-18-20-22-24-28-29(25,26)27-23-21-19-10-8-6-4-2/h3-24H2,1-2H3. The smallest absolute Gasteiger partial charge is 0.248 e. The lowest BCUT2D eigenvalue weighted by atomic mass is 10.0. The van der Waals surface area contributed by atoms with Crippen molar-refractivity contribution in [2.45, 2.75) is 142 Å². The van der Waals surface area contributed by atoms with Crippen molar-refractivity contribution >= 4 is 10.4 Å². The molecule has 0 aromatic carbocycles. The Morgan fingerprint density at radius 3 is 0.931 bits per heavy atom. The van der Waals surface area contributed by atoms with Crippen molar-refractivity contribution in [1.82, 2.24) is 0 Å². The van der Waals surface area contributed by atoms with E-state index in [1.165, 1.54) is 96.3 Å². The van der Waals surface area contributed by atoms with Crippen LogP contribution in [-0.4, -0.2) is 21.6 Å². The van der Waals surface area contributed by atoms with Gasteiger partial charge in [0.2, 0.25) is 0 Å². The van der Waals surface area contributed by atoms with Crippen LogP contribution in [0.25, 0.3) is 0 Å². The third-order valence-corrected chi connectivity index (χ3v) is 6.36. The first-order chi connectivity index (χ1) is 14.1. The number of hydrogen-bond acceptors (Lipinski definition) is 4. The van der Waals surface area contributed by atoms with Gasteiger partial charge < -0.3 is 0 Å². The molecule has 0 heterocycles. The molecule has 0 unspecified atom stereocenters. The second-order valence-electron chi connectivity index (χ2n) is 8.42. The molecule has 29 heavy (non-hydrogen) atoms. The average molecular weight is 435 g/mol. The SMILES string of the molecule is CCCCCCCCCCCCCCCCOS(=O)(=O)OCCCCCCCC. The van der Waals surface area contributed by atoms with Gasteiger partial charge in [-0.1, -0.05) is 129 Å². The van der Waals surface area contributed by atoms with Crippen LogP contribution in [0.2, 0.25) is 0 Å². The Balaban J connectivity index is 3.28. The first-order valence-electron chi connectivity index (χ1n) is 12.7. The van der Waals surface area contributed by atoms with Crippen LogP contribution < -0.4 is 0 Å². The summed E-state index contributed by atoms with van der Waals surface area (Å²) < 4.78 is 33.1. The molecule has 0 amide bonds. The second kappa shape index (κ2) is 22.6. The van der Waals surface area contributed by atoms with Crippen molar-refractivity contribution in [3.05, 3.63) is 0 Å². The fourth-order valence-corrected chi connectivity index (χ4v) is 4.25. The average Bonchev–Trinajstić information content (AvgIpc) is 2.70. The fourth-order valence-electron chi connectivity index (χ4n) is 3.53. The van der Waals surface area contributed by atoms with Gasteiger partial charge in [-0.25, -0.2) is 8.37 Å². The molecule has 0 aliphatic carbocycles. The van der Waals surface area contributed by atoms with E-state index < -0.39 is 10.4 Å². The minimum absolute atomic E-state index is 0.243. The second-order valence-corrected chi connectivity index (χ2v) is 9.70. The van der Waals surface area contributed by atoms with Crippen molar-refractivity contribution in [1.29, 1.82) is 0 Å². The molecule has 0 aromatic rings. The van der Waals surface area contributed by atoms with E-state index in [0.29, 0.717) is 0 Å². The number of rotatable bonds is 24. The van der Waals surface area contributed by atoms with E-state index in [4.69, 9.17) is 8.37 Å². The molecule has 0 N–H and O–H groups in total. The Labute approximate surface area is 182 Å². The summed E-state index contributed by atoms with van der Waals surface area (Å²) in [6.07, 6.45) is 24.6. The van der Waals surface area contributed by atoms with Crippen LogP contribution in [0.4, 0.5) is 0 Å². The Bertz CT molecular complexity index is 409. The Hall–Kier alpha value is -0.130. The van der Waals surface area contributed by atoms with Gasteiger partial charge in [-0.15, -0.1) is 0 Å². The zero-order valence-electron chi connectivity index (χ0n) is 19.6. The third-order valence-electron chi connectivity index (χ3n) is 5.45. The summed E-state index contributed by atoms with van der Waals surface area (Å²) in [5.74, 6) is 0. The molecule has 0 aromatic heterocycles. The highest BCUT2D eigenvalue weighted by molar-refractivity contribution is 7.81. The van der Waals surface area contributed by atoms with Gasteiger partial charge in [-0.3, -0.25) is 0 Å². The Morgan fingerprint density at radius 2 is 0.655 bits per heavy atom. The van der Waals surface area contributed by atoms with E-state index in [0.717, 1.165) is 32.1 Å². The largest absolute Gasteiger partial charge is 0.399 e. The predicted octanol–water partition coefficient (Wildman–Crippen LogP) is 8.11. The maximum Gasteiger partial charge on any atom is 0.399 e. The lowest BCUT2D eigenvalue weighted by Gasteiger charge is -2.06. The molecule has 0 radical (unpaired) electrons. The lowest BCUT2D eigenvalue weighted by molar-refractivity contribution is 0.208. The summed E-state index contributed by atoms with van der Waals surface area (Å²) >= 11 is 0. The number of hydrogen-bond donors (Lipinski definition) is 0. The third kappa shape index (κ3) is 24.0. The molecule has 176 valence electrons. The van der Waals surface area contributed by atoms with E-state index in [9.17, 15) is 8.42 Å². The summed E-state index contributed by atoms with van der Waals surface area (Å²) in [7, 11) is -3.80. The van der Waals surface area contributed by atoms with E-state index >= 15 is 0 Å². The molecule has 0 bridgehead atoms. The van der Waals surface area contributed by atoms with Gasteiger partial charge in [0.15, 0.2) is 0 Å². The molecule has 0 saturated heterocycles. The van der Waals surface area contributed by atoms with Gasteiger partial charge >= 0.3 is 10.4 Å². The fraction of sp³-hybridized carbons (Fsp3) is 1.00. The Morgan fingerprint density at radius 1 is 0.414 bits per heavy atom. The molecule has 5 heteroatoms. The highest BCUT2D eigenvalue weighted by atomic mass is 32.3. The summed E-state index contributed by atoms with van der Waals surface area (Å²) in [6.45, 7) is 4.94. The highest BCUT2D eigenvalue weighted by Crippen LogP contribution is 2.13. The minimum Gasteiger partial charge on any atom is -0.248 e. The monoisotopic (exact) mass is 434 g/mol. The summed E-state index contributed by atoms with van der Waals surface area (Å²) in [4.78, 5) is 0. The van der Waals surface area contributed by atoms with E-state index in [1.807, 2.05) is 0 Å². The minimum atomic E-state index is -3.80. The number of unbranched alkanes of at least 4 members (excludes halogenated alkanes) is 18. The topological polar surface area (TPSA) is 52.6 Å². The Kier molecular flexibility index (Phi) is 22.5. The maximum absolute atomic E-state index is 11.7. The highest BCUT2D eigenvalue weighted by Gasteiger charge is 2.11. The van der Waals surface area contributed by atoms with Crippen molar-refractivity contribution in [2.24, 2.45) is 0 Å². The molecule has 4 nitrogen and oxygen atoms in total. The van der Waals surface area contributed by atoms with Crippen LogP contribution in [0.5, 0.6) is 0 Å². The maximum atomic E-state index is 11.7. The predicted molar refractivity (Wildman–Crippen MR) is 125 cm³/mol. The van der Waals surface area contributed by atoms with Gasteiger partial charge in [0.25, 0.3) is 0 Å². The van der Waals surface area contributed by atoms with Crippen molar-refractivity contribution < 1.29 is 16.8 Å². The molecule has 0 fully saturated rings. The molecule has 0 atom stereocenters. The zero-order chi connectivity index (χ0) is 21.5. The molecule has 0 saturated carbocycles. The van der Waals surface area contributed by atoms with Crippen LogP contribution in [-0.2, 0) is 18.8 Å². The molecule has 0 aliphatic rings. The van der Waals surface area contributed by atoms with Crippen LogP contribution in [0.3, 0.4) is 0 Å². The molecule has 0 spiro atoms. The van der Waals surface area contributed by atoms with Crippen molar-refractivity contribution in [3.63, 3.8) is 0 Å². The zero-order valence-corrected chi connectivity index (χ0v) is 20.4. The van der Waals surface area contributed by atoms with Gasteiger partial charge in [0.1, 0.15) is 0 Å². The van der Waals surface area contributed by atoms with Gasteiger partial charge in [-0.2, -0.15) is 8.42 Å². The quantitative estimate of drug-likeness (QED) is 0.144. The van der Waals surface area contributed by atoms with Crippen LogP contribution in [0.1, 0.15) is 142 Å². The van der Waals surface area contributed by atoms with Gasteiger partial charge in [0, 0.05) is 0 Å². The first kappa shape index (κ1) is 28.9. The molecule has 0 rings (SSSR count). The van der Waals surface area contributed by atoms with Gasteiger partial charge in [-0.05, 0) is 12.8 Å². The molecule has 0 aliphatic heterocycles. The van der Waals surface area contributed by atoms with Gasteiger partial charge in [0.05, 0.1) is 13.2 Å². The molecular weight excluding hydrogens is 384 g/mol. The summed E-state index contributed by atoms with van der Waals surface area (Å²) in [5, 5.41) is 0. The van der Waals surface area contributed by atoms with Crippen molar-refractivity contribution in [3.8, 4) is 0 Å². The first-order valence-corrected chi connectivity index (χ1v) is 14.0. The van der Waals surface area contributed by atoms with Crippen LogP contribution >= 0.6 is 0 Å². The van der Waals surface area contributed by atoms with E-state index in [1.54, 1.807) is 0 Å². The van der Waals surface area contributed by atoms with Crippen LogP contribution in [0.15, 0.2) is 0 Å². The van der Waals surface area contributed by atoms with E-state index in [-0.39, 0.29) is 13.2 Å². The van der Waals surface area contributed by atoms with Crippen LogP contribution in [0, 0.1) is 0 Å². The van der Waals surface area contributed by atoms with E-state index in [2.05, 4.69) is 13.8 Å². The molecular formula is C24H50O4S.